The van der Waals surface area contributed by atoms with Crippen molar-refractivity contribution in [3.63, 3.8) is 0 Å². The lowest BCUT2D eigenvalue weighted by Crippen LogP contribution is -2.29. The van der Waals surface area contributed by atoms with Gasteiger partial charge in [0.05, 0.1) is 5.00 Å². The van der Waals surface area contributed by atoms with E-state index in [1.54, 1.807) is 0 Å². The van der Waals surface area contributed by atoms with Crippen molar-refractivity contribution in [1.82, 2.24) is 9.55 Å². The summed E-state index contributed by atoms with van der Waals surface area (Å²) in [6.07, 6.45) is 1.26. The molecule has 0 saturated heterocycles. The molecule has 0 saturated carbocycles. The van der Waals surface area contributed by atoms with Gasteiger partial charge in [0.2, 0.25) is 0 Å². The molecule has 0 spiro atoms. The van der Waals surface area contributed by atoms with Crippen molar-refractivity contribution in [3.8, 4) is 0 Å². The van der Waals surface area contributed by atoms with Crippen molar-refractivity contribution in [2.75, 3.05) is 11.1 Å². The first-order valence-electron chi connectivity index (χ1n) is 5.93. The zero-order valence-corrected chi connectivity index (χ0v) is 12.2. The van der Waals surface area contributed by atoms with E-state index in [9.17, 15) is 14.4 Å². The van der Waals surface area contributed by atoms with Crippen molar-refractivity contribution in [1.29, 1.82) is 0 Å². The van der Waals surface area contributed by atoms with Gasteiger partial charge in [0.1, 0.15) is 10.4 Å². The standard InChI is InChI=1S/C12H9N3O4S2/c16-9(14-8-2-1-7(21-8)11(18)19)6-5-13-12-15(10(6)17)3-4-20-12/h1-2,5H,3-4H2,(H,14,16)(H,18,19). The molecule has 3 rings (SSSR count). The summed E-state index contributed by atoms with van der Waals surface area (Å²) in [6, 6.07) is 2.88. The molecule has 2 aromatic rings. The molecule has 9 heteroatoms. The van der Waals surface area contributed by atoms with Gasteiger partial charge in [0.15, 0.2) is 5.16 Å². The summed E-state index contributed by atoms with van der Waals surface area (Å²) < 4.78 is 1.47. The zero-order valence-electron chi connectivity index (χ0n) is 10.5. The number of carboxylic acid groups (broad SMARTS) is 1. The van der Waals surface area contributed by atoms with Gasteiger partial charge in [0.25, 0.3) is 11.5 Å². The van der Waals surface area contributed by atoms with Crippen LogP contribution in [0.4, 0.5) is 5.00 Å². The molecule has 0 radical (unpaired) electrons. The Kier molecular flexibility index (Phi) is 3.52. The van der Waals surface area contributed by atoms with Gasteiger partial charge in [-0.15, -0.1) is 11.3 Å². The third-order valence-electron chi connectivity index (χ3n) is 2.85. The van der Waals surface area contributed by atoms with Crippen LogP contribution < -0.4 is 10.9 Å². The van der Waals surface area contributed by atoms with E-state index >= 15 is 0 Å². The van der Waals surface area contributed by atoms with E-state index in [1.807, 2.05) is 0 Å². The number of fused-ring (bicyclic) bond motifs is 1. The van der Waals surface area contributed by atoms with Gasteiger partial charge >= 0.3 is 5.97 Å². The summed E-state index contributed by atoms with van der Waals surface area (Å²) in [5, 5.41) is 12.3. The van der Waals surface area contributed by atoms with E-state index in [0.717, 1.165) is 17.1 Å². The fourth-order valence-corrected chi connectivity index (χ4v) is 3.53. The van der Waals surface area contributed by atoms with Crippen LogP contribution in [0.3, 0.4) is 0 Å². The molecule has 0 aliphatic carbocycles. The molecule has 1 aliphatic rings. The molecule has 0 unspecified atom stereocenters. The van der Waals surface area contributed by atoms with Crippen molar-refractivity contribution in [2.45, 2.75) is 11.7 Å². The Morgan fingerprint density at radius 1 is 1.38 bits per heavy atom. The van der Waals surface area contributed by atoms with E-state index in [4.69, 9.17) is 5.11 Å². The molecular formula is C12H9N3O4S2. The monoisotopic (exact) mass is 323 g/mol. The molecule has 0 aromatic carbocycles. The number of aromatic nitrogens is 2. The predicted octanol–water partition coefficient (Wildman–Crippen LogP) is 1.36. The number of carboxylic acids is 1. The normalized spacial score (nSPS) is 13.0. The first kappa shape index (κ1) is 13.8. The number of hydrogen-bond donors (Lipinski definition) is 2. The number of rotatable bonds is 3. The first-order valence-corrected chi connectivity index (χ1v) is 7.73. The molecular weight excluding hydrogens is 314 g/mol. The molecule has 7 nitrogen and oxygen atoms in total. The molecule has 0 bridgehead atoms. The third-order valence-corrected chi connectivity index (χ3v) is 4.81. The fourth-order valence-electron chi connectivity index (χ4n) is 1.87. The molecule has 1 aliphatic heterocycles. The second-order valence-electron chi connectivity index (χ2n) is 4.18. The third kappa shape index (κ3) is 2.57. The molecule has 3 heterocycles. The summed E-state index contributed by atoms with van der Waals surface area (Å²) in [4.78, 5) is 39.3. The Labute approximate surface area is 126 Å². The minimum atomic E-state index is -1.06. The number of hydrogen-bond acceptors (Lipinski definition) is 6. The van der Waals surface area contributed by atoms with E-state index in [2.05, 4.69) is 10.3 Å². The maximum atomic E-state index is 12.2. The number of thioether (sulfide) groups is 1. The van der Waals surface area contributed by atoms with Gasteiger partial charge in [-0.25, -0.2) is 9.78 Å². The Balaban J connectivity index is 1.85. The topological polar surface area (TPSA) is 101 Å². The maximum absolute atomic E-state index is 12.2. The minimum absolute atomic E-state index is 0.0495. The minimum Gasteiger partial charge on any atom is -0.477 e. The summed E-state index contributed by atoms with van der Waals surface area (Å²) in [5.74, 6) is -0.879. The van der Waals surface area contributed by atoms with Crippen LogP contribution in [0.15, 0.2) is 28.3 Å². The Morgan fingerprint density at radius 3 is 2.90 bits per heavy atom. The number of thiophene rings is 1. The summed E-state index contributed by atoms with van der Waals surface area (Å²) in [6.45, 7) is 0.537. The molecule has 0 fully saturated rings. The molecule has 2 aromatic heterocycles. The van der Waals surface area contributed by atoms with Crippen LogP contribution in [0.2, 0.25) is 0 Å². The van der Waals surface area contributed by atoms with Gasteiger partial charge in [-0.1, -0.05) is 11.8 Å². The van der Waals surface area contributed by atoms with Crippen LogP contribution in [-0.4, -0.2) is 32.3 Å². The predicted molar refractivity (Wildman–Crippen MR) is 78.5 cm³/mol. The van der Waals surface area contributed by atoms with E-state index in [0.29, 0.717) is 16.7 Å². The highest BCUT2D eigenvalue weighted by atomic mass is 32.2. The number of anilines is 1. The van der Waals surface area contributed by atoms with E-state index < -0.39 is 11.9 Å². The number of carbonyl (C=O) groups excluding carboxylic acids is 1. The number of carbonyl (C=O) groups is 2. The molecule has 1 amide bonds. The van der Waals surface area contributed by atoms with E-state index in [1.165, 1.54) is 34.7 Å². The summed E-state index contributed by atoms with van der Waals surface area (Å²) >= 11 is 2.40. The summed E-state index contributed by atoms with van der Waals surface area (Å²) in [7, 11) is 0. The average molecular weight is 323 g/mol. The van der Waals surface area contributed by atoms with Crippen molar-refractivity contribution in [2.24, 2.45) is 0 Å². The van der Waals surface area contributed by atoms with Crippen LogP contribution in [0.25, 0.3) is 0 Å². The highest BCUT2D eigenvalue weighted by Crippen LogP contribution is 2.23. The quantitative estimate of drug-likeness (QED) is 0.827. The Hall–Kier alpha value is -2.13. The number of amides is 1. The highest BCUT2D eigenvalue weighted by molar-refractivity contribution is 7.99. The van der Waals surface area contributed by atoms with Crippen LogP contribution in [0.5, 0.6) is 0 Å². The van der Waals surface area contributed by atoms with Gasteiger partial charge in [-0.3, -0.25) is 14.2 Å². The van der Waals surface area contributed by atoms with Gasteiger partial charge < -0.3 is 10.4 Å². The van der Waals surface area contributed by atoms with Crippen molar-refractivity contribution >= 4 is 40.0 Å². The molecule has 108 valence electrons. The van der Waals surface area contributed by atoms with Gasteiger partial charge in [0, 0.05) is 18.5 Å². The second-order valence-corrected chi connectivity index (χ2v) is 6.33. The van der Waals surface area contributed by atoms with Crippen molar-refractivity contribution in [3.05, 3.63) is 39.1 Å². The first-order chi connectivity index (χ1) is 10.1. The smallest absolute Gasteiger partial charge is 0.345 e. The van der Waals surface area contributed by atoms with Crippen LogP contribution in [0.1, 0.15) is 20.0 Å². The molecule has 21 heavy (non-hydrogen) atoms. The number of nitrogens with zero attached hydrogens (tertiary/aromatic N) is 2. The maximum Gasteiger partial charge on any atom is 0.345 e. The molecule has 2 N–H and O–H groups in total. The second kappa shape index (κ2) is 5.34. The van der Waals surface area contributed by atoms with Crippen LogP contribution in [0, 0.1) is 0 Å². The Bertz CT molecular complexity index is 796. The van der Waals surface area contributed by atoms with Gasteiger partial charge in [-0.05, 0) is 12.1 Å². The Morgan fingerprint density at radius 2 is 2.19 bits per heavy atom. The highest BCUT2D eigenvalue weighted by Gasteiger charge is 2.20. The molecule has 0 atom stereocenters. The number of aromatic carboxylic acids is 1. The van der Waals surface area contributed by atoms with Gasteiger partial charge in [-0.2, -0.15) is 0 Å². The lowest BCUT2D eigenvalue weighted by atomic mass is 10.3. The lowest BCUT2D eigenvalue weighted by molar-refractivity contribution is 0.0702. The zero-order chi connectivity index (χ0) is 15.0. The number of nitrogens with one attached hydrogen (secondary N) is 1. The SMILES string of the molecule is O=C(O)c1ccc(NC(=O)c2cnc3n(c2=O)CCS3)s1. The largest absolute Gasteiger partial charge is 0.477 e. The summed E-state index contributed by atoms with van der Waals surface area (Å²) in [5.41, 5.74) is -0.427. The van der Waals surface area contributed by atoms with Crippen LogP contribution >= 0.6 is 23.1 Å². The van der Waals surface area contributed by atoms with E-state index in [-0.39, 0.29) is 16.0 Å². The fraction of sp³-hybridized carbons (Fsp3) is 0.167. The van der Waals surface area contributed by atoms with Crippen molar-refractivity contribution < 1.29 is 14.7 Å². The lowest BCUT2D eigenvalue weighted by Gasteiger charge is -2.05. The van der Waals surface area contributed by atoms with Crippen LogP contribution in [-0.2, 0) is 6.54 Å². The average Bonchev–Trinajstić information content (AvgIpc) is 3.07.